The Labute approximate surface area is 78.7 Å². The van der Waals surface area contributed by atoms with E-state index in [4.69, 9.17) is 0 Å². The van der Waals surface area contributed by atoms with E-state index < -0.39 is 0 Å². The lowest BCUT2D eigenvalue weighted by Gasteiger charge is -2.07. The van der Waals surface area contributed by atoms with E-state index in [0.717, 1.165) is 6.42 Å². The van der Waals surface area contributed by atoms with Gasteiger partial charge >= 0.3 is 0 Å². The van der Waals surface area contributed by atoms with Crippen molar-refractivity contribution < 1.29 is 0 Å². The first-order valence-corrected chi connectivity index (χ1v) is 5.03. The number of hydrogen-bond donors (Lipinski definition) is 0. The normalized spacial score (nSPS) is 12.4. The Balaban J connectivity index is 2.46. The van der Waals surface area contributed by atoms with Crippen LogP contribution in [-0.2, 0) is 0 Å². The molecule has 0 saturated heterocycles. The molecule has 0 aliphatic heterocycles. The molecule has 0 spiro atoms. The summed E-state index contributed by atoms with van der Waals surface area (Å²) < 4.78 is 0. The van der Waals surface area contributed by atoms with E-state index in [1.165, 1.54) is 4.90 Å². The third-order valence-electron chi connectivity index (χ3n) is 1.58. The van der Waals surface area contributed by atoms with Gasteiger partial charge in [-0.2, -0.15) is 0 Å². The highest BCUT2D eigenvalue weighted by Gasteiger charge is 2.00. The Morgan fingerprint density at radius 2 is 2.08 bits per heavy atom. The first-order chi connectivity index (χ1) is 5.83. The van der Waals surface area contributed by atoms with E-state index in [1.807, 2.05) is 23.9 Å². The van der Waals surface area contributed by atoms with Crippen LogP contribution in [0.2, 0.25) is 0 Å². The molecule has 1 heteroatoms. The molecule has 1 rings (SSSR count). The van der Waals surface area contributed by atoms with Crippen molar-refractivity contribution in [1.82, 2.24) is 0 Å². The quantitative estimate of drug-likeness (QED) is 0.500. The summed E-state index contributed by atoms with van der Waals surface area (Å²) in [7, 11) is 0. The van der Waals surface area contributed by atoms with Crippen LogP contribution in [-0.4, -0.2) is 5.25 Å². The lowest BCUT2D eigenvalue weighted by Crippen LogP contribution is -1.91. The fourth-order valence-corrected chi connectivity index (χ4v) is 2.03. The molecule has 0 heterocycles. The Morgan fingerprint density at radius 1 is 1.42 bits per heavy atom. The summed E-state index contributed by atoms with van der Waals surface area (Å²) in [6, 6.07) is 10.5. The van der Waals surface area contributed by atoms with Crippen molar-refractivity contribution in [3.05, 3.63) is 43.0 Å². The lowest BCUT2D eigenvalue weighted by molar-refractivity contribution is 0.982. The maximum Gasteiger partial charge on any atom is 0.0100 e. The van der Waals surface area contributed by atoms with Crippen LogP contribution in [0.5, 0.6) is 0 Å². The Kier molecular flexibility index (Phi) is 3.95. The molecule has 12 heavy (non-hydrogen) atoms. The first-order valence-electron chi connectivity index (χ1n) is 4.15. The largest absolute Gasteiger partial charge is 0.123 e. The average Bonchev–Trinajstić information content (AvgIpc) is 2.06. The summed E-state index contributed by atoms with van der Waals surface area (Å²) in [5, 5.41) is 0.630. The van der Waals surface area contributed by atoms with E-state index in [2.05, 4.69) is 37.8 Å². The number of hydrogen-bond acceptors (Lipinski definition) is 1. The number of benzene rings is 1. The van der Waals surface area contributed by atoms with Crippen LogP contribution in [0, 0.1) is 0 Å². The smallest absolute Gasteiger partial charge is 0.0100 e. The van der Waals surface area contributed by atoms with E-state index in [1.54, 1.807) is 0 Å². The second-order valence-electron chi connectivity index (χ2n) is 2.77. The molecular formula is C11H14S. The molecule has 0 nitrogen and oxygen atoms in total. The van der Waals surface area contributed by atoms with Crippen molar-refractivity contribution in [3.8, 4) is 0 Å². The van der Waals surface area contributed by atoms with Crippen molar-refractivity contribution in [2.45, 2.75) is 23.5 Å². The van der Waals surface area contributed by atoms with Gasteiger partial charge in [0.1, 0.15) is 0 Å². The molecule has 0 aliphatic rings. The Bertz CT molecular complexity index is 228. The fourth-order valence-electron chi connectivity index (χ4n) is 1.01. The summed E-state index contributed by atoms with van der Waals surface area (Å²) in [6.07, 6.45) is 3.04. The van der Waals surface area contributed by atoms with Gasteiger partial charge < -0.3 is 0 Å². The lowest BCUT2D eigenvalue weighted by atomic mass is 10.3. The summed E-state index contributed by atoms with van der Waals surface area (Å²) in [5.74, 6) is 0. The van der Waals surface area contributed by atoms with Gasteiger partial charge in [-0.25, -0.2) is 0 Å². The molecule has 1 unspecified atom stereocenters. The minimum atomic E-state index is 0.630. The zero-order valence-electron chi connectivity index (χ0n) is 7.36. The first kappa shape index (κ1) is 9.40. The molecule has 0 radical (unpaired) electrons. The summed E-state index contributed by atoms with van der Waals surface area (Å²) in [6.45, 7) is 5.95. The van der Waals surface area contributed by atoms with Gasteiger partial charge in [0.25, 0.3) is 0 Å². The molecule has 0 saturated carbocycles. The van der Waals surface area contributed by atoms with Crippen LogP contribution in [0.1, 0.15) is 13.3 Å². The molecule has 0 N–H and O–H groups in total. The van der Waals surface area contributed by atoms with Gasteiger partial charge in [-0.3, -0.25) is 0 Å². The highest BCUT2D eigenvalue weighted by Crippen LogP contribution is 2.24. The zero-order chi connectivity index (χ0) is 8.81. The summed E-state index contributed by atoms with van der Waals surface area (Å²) in [4.78, 5) is 1.34. The average molecular weight is 178 g/mol. The molecule has 0 fully saturated rings. The molecule has 0 aromatic heterocycles. The Morgan fingerprint density at radius 3 is 2.67 bits per heavy atom. The van der Waals surface area contributed by atoms with E-state index in [9.17, 15) is 0 Å². The molecule has 64 valence electrons. The number of thioether (sulfide) groups is 1. The van der Waals surface area contributed by atoms with Crippen molar-refractivity contribution in [1.29, 1.82) is 0 Å². The van der Waals surface area contributed by atoms with Crippen molar-refractivity contribution in [2.24, 2.45) is 0 Å². The summed E-state index contributed by atoms with van der Waals surface area (Å²) in [5.41, 5.74) is 0. The van der Waals surface area contributed by atoms with Gasteiger partial charge in [-0.05, 0) is 18.6 Å². The van der Waals surface area contributed by atoms with Gasteiger partial charge in [-0.1, -0.05) is 31.2 Å². The molecule has 0 bridgehead atoms. The van der Waals surface area contributed by atoms with E-state index in [-0.39, 0.29) is 0 Å². The van der Waals surface area contributed by atoms with Gasteiger partial charge in [-0.15, -0.1) is 18.3 Å². The molecule has 1 aromatic carbocycles. The van der Waals surface area contributed by atoms with Crippen LogP contribution >= 0.6 is 11.8 Å². The van der Waals surface area contributed by atoms with Crippen LogP contribution in [0.15, 0.2) is 47.9 Å². The molecular weight excluding hydrogens is 164 g/mol. The molecule has 0 aliphatic carbocycles. The maximum absolute atomic E-state index is 3.73. The van der Waals surface area contributed by atoms with Crippen LogP contribution in [0.4, 0.5) is 0 Å². The number of allylic oxidation sites excluding steroid dienone is 1. The SMILES string of the molecule is C=CCC(C)Sc1ccccc1. The fraction of sp³-hybridized carbons (Fsp3) is 0.273. The summed E-state index contributed by atoms with van der Waals surface area (Å²) >= 11 is 1.90. The maximum atomic E-state index is 3.73. The van der Waals surface area contributed by atoms with Gasteiger partial charge in [0.15, 0.2) is 0 Å². The Hall–Kier alpha value is -0.690. The van der Waals surface area contributed by atoms with Crippen LogP contribution in [0.25, 0.3) is 0 Å². The standard InChI is InChI=1S/C11H14S/c1-3-7-10(2)12-11-8-5-4-6-9-11/h3-6,8-10H,1,7H2,2H3. The van der Waals surface area contributed by atoms with Crippen molar-refractivity contribution >= 4 is 11.8 Å². The monoisotopic (exact) mass is 178 g/mol. The van der Waals surface area contributed by atoms with Gasteiger partial charge in [0.05, 0.1) is 0 Å². The highest BCUT2D eigenvalue weighted by molar-refractivity contribution is 7.99. The second-order valence-corrected chi connectivity index (χ2v) is 4.28. The minimum absolute atomic E-state index is 0.630. The van der Waals surface area contributed by atoms with Crippen LogP contribution in [0.3, 0.4) is 0 Å². The van der Waals surface area contributed by atoms with Gasteiger partial charge in [0.2, 0.25) is 0 Å². The molecule has 1 atom stereocenters. The third-order valence-corrected chi connectivity index (χ3v) is 2.72. The third kappa shape index (κ3) is 3.14. The minimum Gasteiger partial charge on any atom is -0.123 e. The van der Waals surface area contributed by atoms with E-state index >= 15 is 0 Å². The second kappa shape index (κ2) is 5.04. The predicted octanol–water partition coefficient (Wildman–Crippen LogP) is 3.74. The van der Waals surface area contributed by atoms with Crippen LogP contribution < -0.4 is 0 Å². The van der Waals surface area contributed by atoms with Crippen molar-refractivity contribution in [3.63, 3.8) is 0 Å². The van der Waals surface area contributed by atoms with Crippen molar-refractivity contribution in [2.75, 3.05) is 0 Å². The molecule has 1 aromatic rings. The molecule has 0 amide bonds. The van der Waals surface area contributed by atoms with E-state index in [0.29, 0.717) is 5.25 Å². The predicted molar refractivity (Wildman–Crippen MR) is 56.6 cm³/mol. The topological polar surface area (TPSA) is 0 Å². The number of rotatable bonds is 4. The highest BCUT2D eigenvalue weighted by atomic mass is 32.2. The van der Waals surface area contributed by atoms with Gasteiger partial charge in [0, 0.05) is 10.1 Å². The zero-order valence-corrected chi connectivity index (χ0v) is 8.18.